The van der Waals surface area contributed by atoms with Gasteiger partial charge in [-0.05, 0) is 188 Å². The van der Waals surface area contributed by atoms with Crippen molar-refractivity contribution in [1.82, 2.24) is 4.90 Å². The molecule has 0 N–H and O–H groups in total. The third kappa shape index (κ3) is 14.9. The van der Waals surface area contributed by atoms with Crippen molar-refractivity contribution >= 4 is 11.9 Å². The van der Waals surface area contributed by atoms with Crippen molar-refractivity contribution in [2.24, 2.45) is 68.5 Å². The van der Waals surface area contributed by atoms with Crippen molar-refractivity contribution < 1.29 is 23.8 Å². The van der Waals surface area contributed by atoms with E-state index in [1.165, 1.54) is 64.2 Å². The van der Waals surface area contributed by atoms with Crippen molar-refractivity contribution in [1.29, 1.82) is 0 Å². The molecule has 0 heterocycles. The monoisotopic (exact) mass is 894 g/mol. The molecule has 370 valence electrons. The molecule has 4 aliphatic carbocycles. The normalized spacial score (nSPS) is 29.3. The first-order valence-corrected chi connectivity index (χ1v) is 27.0. The number of unbranched alkanes of at least 4 members (excludes halogenated alkanes) is 2. The number of esters is 2. The van der Waals surface area contributed by atoms with Crippen LogP contribution in [0.5, 0.6) is 0 Å². The van der Waals surface area contributed by atoms with Gasteiger partial charge in [0.25, 0.3) is 0 Å². The van der Waals surface area contributed by atoms with Gasteiger partial charge in [-0.1, -0.05) is 126 Å². The van der Waals surface area contributed by atoms with Gasteiger partial charge in [0.1, 0.15) is 12.7 Å². The maximum atomic E-state index is 13.6. The number of rotatable bonds is 27. The molecular weight excluding hydrogens is 791 g/mol. The molecule has 6 heteroatoms. The molecular formula is C58H103NO5. The van der Waals surface area contributed by atoms with E-state index in [1.54, 1.807) is 5.57 Å². The number of hydrogen-bond donors (Lipinski definition) is 0. The number of fused-ring (bicyclic) bond motifs is 5. The lowest BCUT2D eigenvalue weighted by atomic mass is 9.47. The van der Waals surface area contributed by atoms with Crippen molar-refractivity contribution in [3.05, 3.63) is 23.8 Å². The second kappa shape index (κ2) is 24.1. The summed E-state index contributed by atoms with van der Waals surface area (Å²) in [5.74, 6) is 5.49. The van der Waals surface area contributed by atoms with Gasteiger partial charge in [-0.3, -0.25) is 9.59 Å². The minimum atomic E-state index is -0.720. The fraction of sp³-hybridized carbons (Fsp3) is 0.897. The van der Waals surface area contributed by atoms with Crippen molar-refractivity contribution in [2.45, 2.75) is 231 Å². The van der Waals surface area contributed by atoms with Crippen LogP contribution in [-0.4, -0.2) is 62.9 Å². The minimum absolute atomic E-state index is 0.0605. The predicted molar refractivity (Wildman–Crippen MR) is 269 cm³/mol. The molecule has 10 atom stereocenters. The summed E-state index contributed by atoms with van der Waals surface area (Å²) in [6, 6.07) is 0. The van der Waals surface area contributed by atoms with Gasteiger partial charge in [-0.15, -0.1) is 0 Å². The maximum Gasteiger partial charge on any atom is 0.311 e. The Labute approximate surface area is 396 Å². The molecule has 64 heavy (non-hydrogen) atoms. The van der Waals surface area contributed by atoms with E-state index in [0.29, 0.717) is 35.7 Å². The van der Waals surface area contributed by atoms with Crippen LogP contribution >= 0.6 is 0 Å². The van der Waals surface area contributed by atoms with Crippen LogP contribution in [0.25, 0.3) is 0 Å². The summed E-state index contributed by atoms with van der Waals surface area (Å²) in [6.45, 7) is 31.9. The average molecular weight is 894 g/mol. The van der Waals surface area contributed by atoms with Gasteiger partial charge in [-0.2, -0.15) is 0 Å². The van der Waals surface area contributed by atoms with Crippen molar-refractivity contribution in [3.8, 4) is 0 Å². The van der Waals surface area contributed by atoms with E-state index in [-0.39, 0.29) is 35.5 Å². The minimum Gasteiger partial charge on any atom is -0.462 e. The van der Waals surface area contributed by atoms with Crippen LogP contribution in [0, 0.1) is 68.5 Å². The Morgan fingerprint density at radius 2 is 1.59 bits per heavy atom. The second-order valence-corrected chi connectivity index (χ2v) is 25.4. The molecule has 10 unspecified atom stereocenters. The largest absolute Gasteiger partial charge is 0.462 e. The molecule has 0 aromatic rings. The first-order chi connectivity index (χ1) is 30.0. The Morgan fingerprint density at radius 1 is 0.859 bits per heavy atom. The Hall–Kier alpha value is -1.66. The molecule has 6 nitrogen and oxygen atoms in total. The summed E-state index contributed by atoms with van der Waals surface area (Å²) >= 11 is 0. The van der Waals surface area contributed by atoms with Crippen LogP contribution in [0.1, 0.15) is 218 Å². The van der Waals surface area contributed by atoms with E-state index in [0.717, 1.165) is 100 Å². The van der Waals surface area contributed by atoms with Crippen LogP contribution in [0.15, 0.2) is 23.8 Å². The van der Waals surface area contributed by atoms with Gasteiger partial charge in [0.15, 0.2) is 0 Å². The van der Waals surface area contributed by atoms with Gasteiger partial charge in [0, 0.05) is 18.4 Å². The van der Waals surface area contributed by atoms with Crippen LogP contribution in [0.4, 0.5) is 0 Å². The van der Waals surface area contributed by atoms with Crippen molar-refractivity contribution in [2.75, 3.05) is 33.9 Å². The molecule has 0 bridgehead atoms. The van der Waals surface area contributed by atoms with E-state index in [2.05, 4.69) is 93.2 Å². The van der Waals surface area contributed by atoms with Gasteiger partial charge in [0.2, 0.25) is 0 Å². The number of nitrogens with zero attached hydrogens (tertiary/aromatic N) is 1. The summed E-state index contributed by atoms with van der Waals surface area (Å²) in [6.07, 6.45) is 29.3. The molecule has 0 spiro atoms. The molecule has 0 radical (unpaired) electrons. The Balaban J connectivity index is 1.29. The van der Waals surface area contributed by atoms with E-state index in [9.17, 15) is 9.59 Å². The third-order valence-electron chi connectivity index (χ3n) is 17.8. The topological polar surface area (TPSA) is 65.1 Å². The van der Waals surface area contributed by atoms with Crippen LogP contribution in [0.3, 0.4) is 0 Å². The Morgan fingerprint density at radius 3 is 2.27 bits per heavy atom. The predicted octanol–water partition coefficient (Wildman–Crippen LogP) is 15.2. The Kier molecular flexibility index (Phi) is 20.7. The van der Waals surface area contributed by atoms with E-state index >= 15 is 0 Å². The molecule has 3 saturated carbocycles. The number of hydrogen-bond acceptors (Lipinski definition) is 6. The first-order valence-electron chi connectivity index (χ1n) is 27.0. The lowest BCUT2D eigenvalue weighted by molar-refractivity contribution is -0.163. The summed E-state index contributed by atoms with van der Waals surface area (Å²) in [7, 11) is 4.07. The molecule has 0 aliphatic heterocycles. The summed E-state index contributed by atoms with van der Waals surface area (Å²) in [4.78, 5) is 29.0. The van der Waals surface area contributed by atoms with Crippen LogP contribution in [-0.2, 0) is 23.8 Å². The first kappa shape index (κ1) is 54.9. The van der Waals surface area contributed by atoms with E-state index in [4.69, 9.17) is 14.2 Å². The number of allylic oxidation sites excluding steroid dienone is 2. The fourth-order valence-electron chi connectivity index (χ4n) is 14.3. The highest BCUT2D eigenvalue weighted by molar-refractivity contribution is 5.76. The van der Waals surface area contributed by atoms with Gasteiger partial charge >= 0.3 is 11.9 Å². The highest BCUT2D eigenvalue weighted by Gasteiger charge is 2.59. The van der Waals surface area contributed by atoms with Crippen molar-refractivity contribution in [3.63, 3.8) is 0 Å². The van der Waals surface area contributed by atoms with E-state index < -0.39 is 5.41 Å². The van der Waals surface area contributed by atoms with Crippen LogP contribution in [0.2, 0.25) is 0 Å². The zero-order valence-electron chi connectivity index (χ0n) is 44.7. The smallest absolute Gasteiger partial charge is 0.311 e. The summed E-state index contributed by atoms with van der Waals surface area (Å²) in [5, 5.41) is 0. The molecule has 0 aromatic heterocycles. The molecule has 4 aliphatic rings. The number of carbonyl (C=O) groups excluding carboxylic acids is 2. The summed E-state index contributed by atoms with van der Waals surface area (Å²) in [5.41, 5.74) is 1.58. The maximum absolute atomic E-state index is 13.6. The standard InChI is InChI=1S/C58H103NO5/c1-16-56(11,41-55(9,10)53(61)63-38-22-33-54(7,8)40-43(4)5)51(64-52(60)26-21-36-59(14)15)25-18-17-19-37-62-46-31-34-57(12)45(39-46)27-28-47-49-30-29-48(44(6)24-20-23-42(2)3)58(49,13)35-32-50(47)57/h22,27,33,42-44,46-51H,16-21,23-26,28-32,34-41H2,1-15H3. The third-order valence-corrected chi connectivity index (χ3v) is 17.8. The highest BCUT2D eigenvalue weighted by Crippen LogP contribution is 2.67. The zero-order chi connectivity index (χ0) is 47.5. The summed E-state index contributed by atoms with van der Waals surface area (Å²) < 4.78 is 18.9. The van der Waals surface area contributed by atoms with Crippen LogP contribution < -0.4 is 0 Å². The lowest BCUT2D eigenvalue weighted by Gasteiger charge is -2.58. The highest BCUT2D eigenvalue weighted by atomic mass is 16.5. The average Bonchev–Trinajstić information content (AvgIpc) is 3.56. The number of carbonyl (C=O) groups is 2. The molecule has 0 saturated heterocycles. The fourth-order valence-corrected chi connectivity index (χ4v) is 14.3. The zero-order valence-corrected chi connectivity index (χ0v) is 44.7. The molecule has 4 rings (SSSR count). The molecule has 3 fully saturated rings. The quantitative estimate of drug-likeness (QED) is 0.0465. The van der Waals surface area contributed by atoms with Gasteiger partial charge in [-0.25, -0.2) is 0 Å². The van der Waals surface area contributed by atoms with Gasteiger partial charge < -0.3 is 19.1 Å². The SMILES string of the molecule is CCC(C)(CC(C)(C)C(=O)OCC=CC(C)(C)CC(C)C)C(CCCCCOC1CCC2(C)C(=CCC3C2CCC2(C)C(C(C)CCCC(C)C)CCC32)C1)OC(=O)CCCN(C)C. The Bertz CT molecular complexity index is 1510. The number of ether oxygens (including phenoxy) is 3. The molecule has 0 aromatic carbocycles. The van der Waals surface area contributed by atoms with Gasteiger partial charge in [0.05, 0.1) is 11.5 Å². The lowest BCUT2D eigenvalue weighted by Crippen LogP contribution is -2.51. The second-order valence-electron chi connectivity index (χ2n) is 25.4. The van der Waals surface area contributed by atoms with E-state index in [1.807, 2.05) is 34.0 Å². The molecule has 0 amide bonds.